The van der Waals surface area contributed by atoms with Gasteiger partial charge in [0.2, 0.25) is 0 Å². The molecule has 0 saturated heterocycles. The van der Waals surface area contributed by atoms with Gasteiger partial charge >= 0.3 is 0 Å². The highest BCUT2D eigenvalue weighted by Crippen LogP contribution is 2.51. The number of hydrogen-bond donors (Lipinski definition) is 0. The molecule has 0 aromatic carbocycles. The zero-order valence-electron chi connectivity index (χ0n) is 8.35. The molecule has 0 radical (unpaired) electrons. The lowest BCUT2D eigenvalue weighted by Crippen LogP contribution is -2.25. The third kappa shape index (κ3) is 1.76. The predicted octanol–water partition coefficient (Wildman–Crippen LogP) is 2.52. The summed E-state index contributed by atoms with van der Waals surface area (Å²) in [5.74, 6) is 0. The molecule has 1 heteroatoms. The van der Waals surface area contributed by atoms with Gasteiger partial charge in [-0.15, -0.1) is 0 Å². The molecule has 0 aromatic heterocycles. The first kappa shape index (κ1) is 9.05. The SMILES string of the molecule is CCCN(C)[C@@H]1C[C@@]1(C)CC. The lowest BCUT2D eigenvalue weighted by molar-refractivity contribution is 0.277. The maximum atomic E-state index is 2.52. The van der Waals surface area contributed by atoms with Crippen molar-refractivity contribution < 1.29 is 0 Å². The largest absolute Gasteiger partial charge is 0.303 e. The van der Waals surface area contributed by atoms with E-state index in [4.69, 9.17) is 0 Å². The van der Waals surface area contributed by atoms with Crippen LogP contribution in [0.3, 0.4) is 0 Å². The van der Waals surface area contributed by atoms with Gasteiger partial charge in [-0.1, -0.05) is 20.8 Å². The summed E-state index contributed by atoms with van der Waals surface area (Å²) in [6.07, 6.45) is 4.04. The van der Waals surface area contributed by atoms with Gasteiger partial charge in [-0.25, -0.2) is 0 Å². The Labute approximate surface area is 70.8 Å². The Hall–Kier alpha value is -0.0400. The first-order valence-electron chi connectivity index (χ1n) is 4.84. The third-order valence-corrected chi connectivity index (χ3v) is 3.22. The molecule has 0 N–H and O–H groups in total. The smallest absolute Gasteiger partial charge is 0.0152 e. The molecular weight excluding hydrogens is 134 g/mol. The molecule has 1 fully saturated rings. The third-order valence-electron chi connectivity index (χ3n) is 3.22. The minimum Gasteiger partial charge on any atom is -0.303 e. The van der Waals surface area contributed by atoms with Crippen LogP contribution in [0.4, 0.5) is 0 Å². The fourth-order valence-electron chi connectivity index (χ4n) is 1.96. The molecule has 1 aliphatic carbocycles. The summed E-state index contributed by atoms with van der Waals surface area (Å²) in [5.41, 5.74) is 0.657. The maximum absolute atomic E-state index is 2.52. The van der Waals surface area contributed by atoms with Crippen LogP contribution in [0, 0.1) is 5.41 Å². The predicted molar refractivity (Wildman–Crippen MR) is 49.7 cm³/mol. The molecule has 66 valence electrons. The van der Waals surface area contributed by atoms with Crippen molar-refractivity contribution in [2.24, 2.45) is 5.41 Å². The van der Waals surface area contributed by atoms with Gasteiger partial charge in [-0.2, -0.15) is 0 Å². The van der Waals surface area contributed by atoms with Crippen LogP contribution in [-0.4, -0.2) is 24.5 Å². The average molecular weight is 155 g/mol. The quantitative estimate of drug-likeness (QED) is 0.603. The Kier molecular flexibility index (Phi) is 2.58. The fraction of sp³-hybridized carbons (Fsp3) is 1.00. The molecule has 0 heterocycles. The molecule has 1 nitrogen and oxygen atoms in total. The van der Waals surface area contributed by atoms with Gasteiger partial charge in [-0.05, 0) is 38.3 Å². The Morgan fingerprint density at radius 3 is 2.45 bits per heavy atom. The van der Waals surface area contributed by atoms with E-state index in [0.717, 1.165) is 6.04 Å². The standard InChI is InChI=1S/C10H21N/c1-5-7-11(4)9-8-10(9,3)6-2/h9H,5-8H2,1-4H3/t9-,10-/m1/s1. The van der Waals surface area contributed by atoms with Crippen molar-refractivity contribution >= 4 is 0 Å². The van der Waals surface area contributed by atoms with E-state index in [1.807, 2.05) is 0 Å². The molecule has 0 aliphatic heterocycles. The second-order valence-corrected chi connectivity index (χ2v) is 4.21. The molecular formula is C10H21N. The lowest BCUT2D eigenvalue weighted by atomic mass is 10.1. The summed E-state index contributed by atoms with van der Waals surface area (Å²) in [4.78, 5) is 2.52. The molecule has 0 bridgehead atoms. The molecule has 2 atom stereocenters. The number of rotatable bonds is 4. The summed E-state index contributed by atoms with van der Waals surface area (Å²) in [6, 6.07) is 0.882. The van der Waals surface area contributed by atoms with Crippen LogP contribution in [-0.2, 0) is 0 Å². The van der Waals surface area contributed by atoms with Gasteiger partial charge in [0.05, 0.1) is 0 Å². The van der Waals surface area contributed by atoms with Crippen LogP contribution in [0.2, 0.25) is 0 Å². The van der Waals surface area contributed by atoms with Gasteiger partial charge in [0, 0.05) is 6.04 Å². The fourth-order valence-corrected chi connectivity index (χ4v) is 1.96. The van der Waals surface area contributed by atoms with Crippen molar-refractivity contribution in [3.05, 3.63) is 0 Å². The van der Waals surface area contributed by atoms with Crippen molar-refractivity contribution in [2.45, 2.75) is 46.1 Å². The van der Waals surface area contributed by atoms with Crippen molar-refractivity contribution in [3.63, 3.8) is 0 Å². The molecule has 0 spiro atoms. The monoisotopic (exact) mass is 155 g/mol. The van der Waals surface area contributed by atoms with Crippen molar-refractivity contribution in [3.8, 4) is 0 Å². The van der Waals surface area contributed by atoms with Crippen LogP contribution in [0.1, 0.15) is 40.0 Å². The van der Waals surface area contributed by atoms with Crippen molar-refractivity contribution in [1.82, 2.24) is 4.90 Å². The Morgan fingerprint density at radius 1 is 1.45 bits per heavy atom. The van der Waals surface area contributed by atoms with E-state index in [1.54, 1.807) is 0 Å². The van der Waals surface area contributed by atoms with Gasteiger partial charge < -0.3 is 4.90 Å². The van der Waals surface area contributed by atoms with Crippen LogP contribution < -0.4 is 0 Å². The molecule has 11 heavy (non-hydrogen) atoms. The Balaban J connectivity index is 2.30. The maximum Gasteiger partial charge on any atom is 0.0152 e. The molecule has 1 aliphatic rings. The summed E-state index contributed by atoms with van der Waals surface area (Å²) < 4.78 is 0. The molecule has 0 amide bonds. The molecule has 0 unspecified atom stereocenters. The highest BCUT2D eigenvalue weighted by Gasteiger charge is 2.50. The summed E-state index contributed by atoms with van der Waals surface area (Å²) in [6.45, 7) is 8.23. The normalized spacial score (nSPS) is 36.3. The molecule has 1 rings (SSSR count). The minimum atomic E-state index is 0.657. The zero-order valence-corrected chi connectivity index (χ0v) is 8.35. The summed E-state index contributed by atoms with van der Waals surface area (Å²) in [5, 5.41) is 0. The second kappa shape index (κ2) is 3.14. The van der Waals surface area contributed by atoms with Crippen LogP contribution in [0.25, 0.3) is 0 Å². The Morgan fingerprint density at radius 2 is 2.09 bits per heavy atom. The van der Waals surface area contributed by atoms with E-state index in [1.165, 1.54) is 25.8 Å². The highest BCUT2D eigenvalue weighted by molar-refractivity contribution is 5.04. The Bertz CT molecular complexity index is 133. The van der Waals surface area contributed by atoms with E-state index in [-0.39, 0.29) is 0 Å². The molecule has 0 aromatic rings. The summed E-state index contributed by atoms with van der Waals surface area (Å²) in [7, 11) is 2.26. The van der Waals surface area contributed by atoms with Crippen molar-refractivity contribution in [2.75, 3.05) is 13.6 Å². The van der Waals surface area contributed by atoms with E-state index in [9.17, 15) is 0 Å². The average Bonchev–Trinajstić information content (AvgIpc) is 2.65. The lowest BCUT2D eigenvalue weighted by Gasteiger charge is -2.18. The van der Waals surface area contributed by atoms with E-state index < -0.39 is 0 Å². The minimum absolute atomic E-state index is 0.657. The first-order valence-corrected chi connectivity index (χ1v) is 4.84. The number of nitrogens with zero attached hydrogens (tertiary/aromatic N) is 1. The van der Waals surface area contributed by atoms with E-state index in [0.29, 0.717) is 5.41 Å². The van der Waals surface area contributed by atoms with E-state index in [2.05, 4.69) is 32.7 Å². The van der Waals surface area contributed by atoms with Crippen LogP contribution >= 0.6 is 0 Å². The van der Waals surface area contributed by atoms with Gasteiger partial charge in [0.25, 0.3) is 0 Å². The van der Waals surface area contributed by atoms with Crippen LogP contribution in [0.5, 0.6) is 0 Å². The highest BCUT2D eigenvalue weighted by atomic mass is 15.2. The second-order valence-electron chi connectivity index (χ2n) is 4.21. The van der Waals surface area contributed by atoms with Gasteiger partial charge in [-0.3, -0.25) is 0 Å². The topological polar surface area (TPSA) is 3.24 Å². The number of hydrogen-bond acceptors (Lipinski definition) is 1. The zero-order chi connectivity index (χ0) is 8.48. The molecule has 1 saturated carbocycles. The van der Waals surface area contributed by atoms with Crippen LogP contribution in [0.15, 0.2) is 0 Å². The first-order chi connectivity index (χ1) is 5.14. The van der Waals surface area contributed by atoms with E-state index >= 15 is 0 Å². The summed E-state index contributed by atoms with van der Waals surface area (Å²) >= 11 is 0. The van der Waals surface area contributed by atoms with Gasteiger partial charge in [0.15, 0.2) is 0 Å². The van der Waals surface area contributed by atoms with Gasteiger partial charge in [0.1, 0.15) is 0 Å². The van der Waals surface area contributed by atoms with Crippen molar-refractivity contribution in [1.29, 1.82) is 0 Å².